The van der Waals surface area contributed by atoms with Crippen LogP contribution >= 0.6 is 15.9 Å². The van der Waals surface area contributed by atoms with Crippen molar-refractivity contribution in [3.8, 4) is 0 Å². The summed E-state index contributed by atoms with van der Waals surface area (Å²) in [4.78, 5) is 12.6. The zero-order valence-electron chi connectivity index (χ0n) is 10.4. The topological polar surface area (TPSA) is 37.3 Å². The molecule has 3 rings (SSSR count). The molecule has 3 fully saturated rings. The molecule has 0 spiro atoms. The first kappa shape index (κ1) is 11.9. The summed E-state index contributed by atoms with van der Waals surface area (Å²) in [5, 5.41) is 10.9. The van der Waals surface area contributed by atoms with Crippen LogP contribution in [0.4, 0.5) is 0 Å². The van der Waals surface area contributed by atoms with Gasteiger partial charge in [0.2, 0.25) is 0 Å². The second kappa shape index (κ2) is 3.05. The Morgan fingerprint density at radius 3 is 2.71 bits per heavy atom. The number of Topliss-reactive ketones (excluding diaryl/α,β-unsaturated/α-hetero) is 1. The van der Waals surface area contributed by atoms with Gasteiger partial charge in [-0.3, -0.25) is 4.79 Å². The Morgan fingerprint density at radius 1 is 1.47 bits per heavy atom. The van der Waals surface area contributed by atoms with Gasteiger partial charge in [0.15, 0.2) is 5.78 Å². The van der Waals surface area contributed by atoms with Gasteiger partial charge in [-0.25, -0.2) is 0 Å². The van der Waals surface area contributed by atoms with E-state index in [4.69, 9.17) is 0 Å². The van der Waals surface area contributed by atoms with Crippen LogP contribution in [-0.2, 0) is 4.79 Å². The van der Waals surface area contributed by atoms with E-state index < -0.39 is 9.93 Å². The normalized spacial score (nSPS) is 56.4. The molecule has 5 atom stereocenters. The molecule has 94 valence electrons. The molecule has 17 heavy (non-hydrogen) atoms. The Labute approximate surface area is 111 Å². The smallest absolute Gasteiger partial charge is 0.156 e. The van der Waals surface area contributed by atoms with Crippen molar-refractivity contribution in [3.05, 3.63) is 12.2 Å². The summed E-state index contributed by atoms with van der Waals surface area (Å²) < 4.78 is -0.489. The van der Waals surface area contributed by atoms with Gasteiger partial charge in [-0.2, -0.15) is 0 Å². The molecule has 4 bridgehead atoms. The molecule has 0 unspecified atom stereocenters. The van der Waals surface area contributed by atoms with Crippen LogP contribution in [0.2, 0.25) is 0 Å². The minimum absolute atomic E-state index is 0.0266. The zero-order chi connectivity index (χ0) is 12.6. The van der Waals surface area contributed by atoms with E-state index in [9.17, 15) is 9.90 Å². The molecule has 0 saturated heterocycles. The average Bonchev–Trinajstić information content (AvgIpc) is 2.68. The fraction of sp³-hybridized carbons (Fsp3) is 0.786. The first-order valence-corrected chi connectivity index (χ1v) is 7.18. The number of carbonyl (C=O) groups is 1. The molecule has 0 aliphatic heterocycles. The van der Waals surface area contributed by atoms with Gasteiger partial charge in [0, 0.05) is 11.3 Å². The van der Waals surface area contributed by atoms with Crippen molar-refractivity contribution in [1.29, 1.82) is 0 Å². The molecular formula is C14H19BrO2. The summed E-state index contributed by atoms with van der Waals surface area (Å²) in [6.07, 6.45) is 3.39. The summed E-state index contributed by atoms with van der Waals surface area (Å²) in [5.41, 5.74) is -0.250. The lowest BCUT2D eigenvalue weighted by atomic mass is 9.61. The van der Waals surface area contributed by atoms with Crippen molar-refractivity contribution in [1.82, 2.24) is 0 Å². The van der Waals surface area contributed by atoms with E-state index >= 15 is 0 Å². The van der Waals surface area contributed by atoms with Crippen LogP contribution in [0.1, 0.15) is 39.5 Å². The summed E-state index contributed by atoms with van der Waals surface area (Å²) in [7, 11) is 0. The van der Waals surface area contributed by atoms with Crippen molar-refractivity contribution < 1.29 is 9.90 Å². The molecular weight excluding hydrogens is 280 g/mol. The van der Waals surface area contributed by atoms with Crippen LogP contribution < -0.4 is 0 Å². The maximum absolute atomic E-state index is 12.6. The highest BCUT2D eigenvalue weighted by atomic mass is 79.9. The van der Waals surface area contributed by atoms with E-state index in [2.05, 4.69) is 29.4 Å². The molecule has 3 aliphatic carbocycles. The zero-order valence-corrected chi connectivity index (χ0v) is 12.0. The van der Waals surface area contributed by atoms with Crippen LogP contribution in [0, 0.1) is 17.3 Å². The van der Waals surface area contributed by atoms with Crippen molar-refractivity contribution in [3.63, 3.8) is 0 Å². The summed E-state index contributed by atoms with van der Waals surface area (Å²) in [6, 6.07) is 0. The molecule has 3 aliphatic rings. The lowest BCUT2D eigenvalue weighted by molar-refractivity contribution is -0.131. The number of aliphatic hydroxyl groups is 1. The predicted octanol–water partition coefficient (Wildman–Crippen LogP) is 2.84. The van der Waals surface area contributed by atoms with Gasteiger partial charge < -0.3 is 5.11 Å². The second-order valence-electron chi connectivity index (χ2n) is 6.44. The Morgan fingerprint density at radius 2 is 2.12 bits per heavy atom. The lowest BCUT2D eigenvalue weighted by Crippen LogP contribution is -2.49. The summed E-state index contributed by atoms with van der Waals surface area (Å²) >= 11 is 3.69. The van der Waals surface area contributed by atoms with E-state index in [0.29, 0.717) is 18.1 Å². The van der Waals surface area contributed by atoms with Crippen LogP contribution in [0.15, 0.2) is 12.2 Å². The first-order valence-electron chi connectivity index (χ1n) is 6.39. The number of alkyl halides is 1. The van der Waals surface area contributed by atoms with E-state index in [1.54, 1.807) is 0 Å². The highest BCUT2D eigenvalue weighted by Gasteiger charge is 2.75. The fourth-order valence-electron chi connectivity index (χ4n) is 4.69. The lowest BCUT2D eigenvalue weighted by Gasteiger charge is -2.45. The number of hydrogen-bond acceptors (Lipinski definition) is 2. The maximum Gasteiger partial charge on any atom is 0.156 e. The molecule has 0 aromatic carbocycles. The third kappa shape index (κ3) is 1.09. The van der Waals surface area contributed by atoms with Crippen molar-refractivity contribution in [2.75, 3.05) is 0 Å². The number of ketones is 1. The van der Waals surface area contributed by atoms with Crippen LogP contribution in [-0.4, -0.2) is 20.8 Å². The van der Waals surface area contributed by atoms with E-state index in [1.165, 1.54) is 0 Å². The Bertz CT molecular complexity index is 428. The third-order valence-electron chi connectivity index (χ3n) is 5.71. The molecule has 0 aromatic heterocycles. The molecule has 3 saturated carbocycles. The Balaban J connectivity index is 2.17. The SMILES string of the molecule is C=C(C)[C@]1(O)CC[C@@]2(C)C(=O)[C@]3(Br)CC[C@H]2[C@@H]13. The average molecular weight is 299 g/mol. The Hall–Kier alpha value is -0.150. The molecule has 0 heterocycles. The van der Waals surface area contributed by atoms with Gasteiger partial charge in [0.1, 0.15) is 0 Å². The monoisotopic (exact) mass is 298 g/mol. The minimum atomic E-state index is -0.851. The first-order chi connectivity index (χ1) is 7.77. The standard InChI is InChI=1S/C14H19BrO2/c1-8(2)14(17)7-6-12(3)9-4-5-13(15,10(9)14)11(12)16/h9-10,17H,1,4-7H2,2-3H3/t9-,10+,12+,13-,14+/m0/s1. The number of carbonyl (C=O) groups excluding carboxylic acids is 1. The quantitative estimate of drug-likeness (QED) is 0.597. The second-order valence-corrected chi connectivity index (χ2v) is 7.85. The highest BCUT2D eigenvalue weighted by molar-refractivity contribution is 9.10. The largest absolute Gasteiger partial charge is 0.385 e. The van der Waals surface area contributed by atoms with Crippen LogP contribution in [0.25, 0.3) is 0 Å². The van der Waals surface area contributed by atoms with Gasteiger partial charge in [0.25, 0.3) is 0 Å². The van der Waals surface area contributed by atoms with E-state index in [-0.39, 0.29) is 11.3 Å². The van der Waals surface area contributed by atoms with E-state index in [0.717, 1.165) is 24.8 Å². The molecule has 2 nitrogen and oxygen atoms in total. The molecule has 0 aromatic rings. The minimum Gasteiger partial charge on any atom is -0.385 e. The summed E-state index contributed by atoms with van der Waals surface area (Å²) in [5.74, 6) is 0.673. The fourth-order valence-corrected chi connectivity index (χ4v) is 6.07. The number of halogens is 1. The van der Waals surface area contributed by atoms with Crippen LogP contribution in [0.3, 0.4) is 0 Å². The highest BCUT2D eigenvalue weighted by Crippen LogP contribution is 2.71. The molecule has 0 amide bonds. The molecule has 0 radical (unpaired) electrons. The number of hydrogen-bond donors (Lipinski definition) is 1. The van der Waals surface area contributed by atoms with Crippen molar-refractivity contribution >= 4 is 21.7 Å². The van der Waals surface area contributed by atoms with Gasteiger partial charge >= 0.3 is 0 Å². The molecule has 3 heteroatoms. The third-order valence-corrected chi connectivity index (χ3v) is 6.96. The predicted molar refractivity (Wildman–Crippen MR) is 70.0 cm³/mol. The maximum atomic E-state index is 12.6. The van der Waals surface area contributed by atoms with Gasteiger partial charge in [0.05, 0.1) is 9.93 Å². The van der Waals surface area contributed by atoms with Crippen molar-refractivity contribution in [2.45, 2.75) is 49.5 Å². The molecule has 1 N–H and O–H groups in total. The van der Waals surface area contributed by atoms with Gasteiger partial charge in [-0.15, -0.1) is 0 Å². The van der Waals surface area contributed by atoms with E-state index in [1.807, 2.05) is 6.92 Å². The summed E-state index contributed by atoms with van der Waals surface area (Å²) in [6.45, 7) is 7.94. The van der Waals surface area contributed by atoms with Crippen LogP contribution in [0.5, 0.6) is 0 Å². The van der Waals surface area contributed by atoms with Crippen molar-refractivity contribution in [2.24, 2.45) is 17.3 Å². The number of rotatable bonds is 1. The van der Waals surface area contributed by atoms with Gasteiger partial charge in [-0.05, 0) is 44.1 Å². The Kier molecular flexibility index (Phi) is 2.14. The van der Waals surface area contributed by atoms with Gasteiger partial charge in [-0.1, -0.05) is 29.4 Å².